The van der Waals surface area contributed by atoms with Gasteiger partial charge >= 0.3 is 12.6 Å². The molecule has 0 spiro atoms. The molecule has 0 unspecified atom stereocenters. The maximum Gasteiger partial charge on any atom is 0.387 e. The monoisotopic (exact) mass is 465 g/mol. The number of nitrogens with two attached hydrogens (primary N) is 1. The van der Waals surface area contributed by atoms with Crippen LogP contribution in [0.25, 0.3) is 0 Å². The molecule has 1 fully saturated rings. The molecule has 2 rings (SSSR count). The molecule has 5 amide bonds. The lowest BCUT2D eigenvalue weighted by atomic mass is 10.2. The number of ether oxygens (including phenoxy) is 2. The highest BCUT2D eigenvalue weighted by Gasteiger charge is 2.28. The van der Waals surface area contributed by atoms with Crippen LogP contribution in [0.4, 0.5) is 33.7 Å². The van der Waals surface area contributed by atoms with Crippen LogP contribution in [0.2, 0.25) is 0 Å². The van der Waals surface area contributed by atoms with Crippen LogP contribution in [0.15, 0.2) is 18.2 Å². The first-order valence-corrected chi connectivity index (χ1v) is 8.98. The fraction of sp³-hybridized carbons (Fsp3) is 0.412. The van der Waals surface area contributed by atoms with Crippen molar-refractivity contribution in [1.82, 2.24) is 10.6 Å². The van der Waals surface area contributed by atoms with Gasteiger partial charge in [-0.25, -0.2) is 13.6 Å². The van der Waals surface area contributed by atoms with Crippen LogP contribution < -0.4 is 31.3 Å². The zero-order chi connectivity index (χ0) is 23.8. The van der Waals surface area contributed by atoms with E-state index in [2.05, 4.69) is 10.1 Å². The van der Waals surface area contributed by atoms with Gasteiger partial charge in [0.15, 0.2) is 11.8 Å². The number of nitrogens with zero attached hydrogens (tertiary/aromatic N) is 1. The smallest absolute Gasteiger partial charge is 0.387 e. The molecule has 32 heavy (non-hydrogen) atoms. The minimum Gasteiger partial charge on any atom is -0.433 e. The summed E-state index contributed by atoms with van der Waals surface area (Å²) >= 11 is 0. The first-order valence-electron chi connectivity index (χ1n) is 8.98. The number of carbonyl (C=O) groups excluding carboxylic acids is 4. The Bertz CT molecular complexity index is 872. The summed E-state index contributed by atoms with van der Waals surface area (Å²) in [4.78, 5) is 48.5. The summed E-state index contributed by atoms with van der Waals surface area (Å²) in [6.45, 7) is -4.31. The molecule has 1 aliphatic rings. The number of anilines is 2. The van der Waals surface area contributed by atoms with Gasteiger partial charge in [0.05, 0.1) is 18.8 Å². The summed E-state index contributed by atoms with van der Waals surface area (Å²) in [6.07, 6.45) is -2.87. The minimum atomic E-state index is -3.26. The van der Waals surface area contributed by atoms with Crippen LogP contribution in [0, 0.1) is 0 Å². The Morgan fingerprint density at radius 2 is 1.94 bits per heavy atom. The molecule has 176 valence electrons. The lowest BCUT2D eigenvalue weighted by molar-refractivity contribution is -0.128. The van der Waals surface area contributed by atoms with E-state index in [0.717, 1.165) is 11.0 Å². The second-order valence-electron chi connectivity index (χ2n) is 6.23. The Hall–Kier alpha value is -3.62. The Morgan fingerprint density at radius 3 is 2.53 bits per heavy atom. The van der Waals surface area contributed by atoms with Crippen molar-refractivity contribution in [2.45, 2.75) is 19.1 Å². The van der Waals surface area contributed by atoms with Gasteiger partial charge in [0.1, 0.15) is 6.61 Å². The molecule has 1 aromatic rings. The van der Waals surface area contributed by atoms with Crippen molar-refractivity contribution in [2.75, 3.05) is 36.5 Å². The molecule has 1 atom stereocenters. The number of amides is 5. The zero-order valence-corrected chi connectivity index (χ0v) is 16.3. The number of rotatable bonds is 9. The molecule has 11 nitrogen and oxygen atoms in total. The third-order valence-corrected chi connectivity index (χ3v) is 3.96. The minimum absolute atomic E-state index is 0.00690. The van der Waals surface area contributed by atoms with Crippen LogP contribution in [0.1, 0.15) is 0 Å². The molecule has 0 bridgehead atoms. The number of alkyl halides is 4. The number of morpholine rings is 1. The summed E-state index contributed by atoms with van der Waals surface area (Å²) in [5.41, 5.74) is 4.91. The first-order chi connectivity index (χ1) is 15.1. The average molecular weight is 465 g/mol. The fourth-order valence-electron chi connectivity index (χ4n) is 2.61. The lowest BCUT2D eigenvalue weighted by Gasteiger charge is -2.28. The van der Waals surface area contributed by atoms with Crippen molar-refractivity contribution >= 4 is 35.1 Å². The number of benzene rings is 1. The van der Waals surface area contributed by atoms with Crippen molar-refractivity contribution in [2.24, 2.45) is 5.73 Å². The van der Waals surface area contributed by atoms with Gasteiger partial charge in [0.2, 0.25) is 5.91 Å². The highest BCUT2D eigenvalue weighted by molar-refractivity contribution is 6.11. The number of urea groups is 1. The van der Waals surface area contributed by atoms with Gasteiger partial charge in [-0.05, 0) is 12.1 Å². The number of carbonyl (C=O) groups is 4. The normalized spacial score (nSPS) is 14.8. The van der Waals surface area contributed by atoms with E-state index in [0.29, 0.717) is 0 Å². The molecule has 0 saturated carbocycles. The number of hydrogen-bond donors (Lipinski definition) is 4. The molecule has 1 heterocycles. The summed E-state index contributed by atoms with van der Waals surface area (Å²) in [5.74, 6) is -3.44. The number of hydrogen-bond acceptors (Lipinski definition) is 6. The Balaban J connectivity index is 2.18. The van der Waals surface area contributed by atoms with Gasteiger partial charge in [0.25, 0.3) is 18.2 Å². The van der Waals surface area contributed by atoms with Crippen LogP contribution >= 0.6 is 0 Å². The van der Waals surface area contributed by atoms with Crippen LogP contribution in [-0.4, -0.2) is 69.1 Å². The Morgan fingerprint density at radius 1 is 1.22 bits per heavy atom. The van der Waals surface area contributed by atoms with Gasteiger partial charge in [-0.3, -0.25) is 14.4 Å². The molecule has 0 aliphatic carbocycles. The van der Waals surface area contributed by atoms with Crippen LogP contribution in [-0.2, 0) is 19.1 Å². The summed E-state index contributed by atoms with van der Waals surface area (Å²) in [6, 6.07) is 0.193. The first kappa shape index (κ1) is 24.6. The standard InChI is InChI=1S/C17H19F4N5O6/c18-11(19)6-23-17(30)25-13(14(22)28)15(29)24-8-1-2-9(10(5-8)32-16(20)21)26-3-4-31-7-12(26)27/h1-2,5,11,13,16H,3-4,6-7H2,(H2,22,28)(H,24,29)(H2,23,25,30)/t13-/m1/s1. The third kappa shape index (κ3) is 6.97. The van der Waals surface area contributed by atoms with Gasteiger partial charge < -0.3 is 36.1 Å². The SMILES string of the molecule is NC(=O)[C@@H](NC(=O)NCC(F)F)C(=O)Nc1ccc(N2CCOCC2=O)c(OC(F)F)c1. The summed E-state index contributed by atoms with van der Waals surface area (Å²) in [7, 11) is 0. The molecule has 1 aliphatic heterocycles. The Labute approximate surface area is 178 Å². The van der Waals surface area contributed by atoms with Crippen molar-refractivity contribution in [3.63, 3.8) is 0 Å². The molecular formula is C17H19F4N5O6. The predicted octanol–water partition coefficient (Wildman–Crippen LogP) is 0.00790. The highest BCUT2D eigenvalue weighted by atomic mass is 19.3. The molecule has 5 N–H and O–H groups in total. The molecular weight excluding hydrogens is 446 g/mol. The van der Waals surface area contributed by atoms with E-state index in [-0.39, 0.29) is 31.1 Å². The predicted molar refractivity (Wildman–Crippen MR) is 100 cm³/mol. The number of primary amides is 1. The summed E-state index contributed by atoms with van der Waals surface area (Å²) < 4.78 is 59.4. The van der Waals surface area contributed by atoms with Crippen LogP contribution in [0.5, 0.6) is 5.75 Å². The molecule has 1 saturated heterocycles. The summed E-state index contributed by atoms with van der Waals surface area (Å²) in [5, 5.41) is 5.71. The molecule has 0 aromatic heterocycles. The maximum absolute atomic E-state index is 12.9. The van der Waals surface area contributed by atoms with Crippen molar-refractivity contribution in [1.29, 1.82) is 0 Å². The molecule has 0 radical (unpaired) electrons. The van der Waals surface area contributed by atoms with Gasteiger partial charge in [-0.15, -0.1) is 0 Å². The average Bonchev–Trinajstić information content (AvgIpc) is 2.70. The Kier molecular flexibility index (Phi) is 8.57. The van der Waals surface area contributed by atoms with E-state index in [9.17, 15) is 36.7 Å². The van der Waals surface area contributed by atoms with E-state index in [1.165, 1.54) is 12.1 Å². The molecule has 1 aromatic carbocycles. The number of halogens is 4. The quantitative estimate of drug-likeness (QED) is 0.298. The van der Waals surface area contributed by atoms with Gasteiger partial charge in [-0.1, -0.05) is 0 Å². The maximum atomic E-state index is 12.9. The van der Waals surface area contributed by atoms with E-state index in [1.807, 2.05) is 5.32 Å². The van der Waals surface area contributed by atoms with Crippen LogP contribution in [0.3, 0.4) is 0 Å². The van der Waals surface area contributed by atoms with Gasteiger partial charge in [0, 0.05) is 18.3 Å². The topological polar surface area (TPSA) is 152 Å². The largest absolute Gasteiger partial charge is 0.433 e. The van der Waals surface area contributed by atoms with E-state index in [1.54, 1.807) is 5.32 Å². The number of nitrogens with one attached hydrogen (secondary N) is 3. The van der Waals surface area contributed by atoms with Crippen molar-refractivity contribution in [3.8, 4) is 5.75 Å². The second kappa shape index (κ2) is 11.1. The van der Waals surface area contributed by atoms with Crippen molar-refractivity contribution < 1.29 is 46.2 Å². The third-order valence-electron chi connectivity index (χ3n) is 3.96. The van der Waals surface area contributed by atoms with E-state index >= 15 is 0 Å². The van der Waals surface area contributed by atoms with Gasteiger partial charge in [-0.2, -0.15) is 8.78 Å². The fourth-order valence-corrected chi connectivity index (χ4v) is 2.61. The van der Waals surface area contributed by atoms with E-state index in [4.69, 9.17) is 10.5 Å². The second-order valence-corrected chi connectivity index (χ2v) is 6.23. The van der Waals surface area contributed by atoms with Crippen molar-refractivity contribution in [3.05, 3.63) is 18.2 Å². The molecule has 15 heteroatoms. The zero-order valence-electron chi connectivity index (χ0n) is 16.3. The van der Waals surface area contributed by atoms with E-state index < -0.39 is 55.1 Å². The highest BCUT2D eigenvalue weighted by Crippen LogP contribution is 2.33. The lowest BCUT2D eigenvalue weighted by Crippen LogP contribution is -2.54.